The number of hydrogen-bond donors (Lipinski definition) is 1. The van der Waals surface area contributed by atoms with Gasteiger partial charge in [0.05, 0.1) is 18.7 Å². The molecule has 3 atom stereocenters. The van der Waals surface area contributed by atoms with Crippen molar-refractivity contribution in [1.29, 1.82) is 0 Å². The molecule has 202 valence electrons. The predicted octanol–water partition coefficient (Wildman–Crippen LogP) is 2.53. The minimum Gasteiger partial charge on any atom is -0.549 e. The molecule has 37 heavy (non-hydrogen) atoms. The third-order valence-electron chi connectivity index (χ3n) is 7.08. The van der Waals surface area contributed by atoms with Crippen LogP contribution in [0.5, 0.6) is 5.75 Å². The molecular weight excluding hydrogens is 521 g/mol. The summed E-state index contributed by atoms with van der Waals surface area (Å²) in [6, 6.07) is 8.74. The topological polar surface area (TPSA) is 113 Å². The molecule has 0 spiro atoms. The Bertz CT molecular complexity index is 1150. The van der Waals surface area contributed by atoms with E-state index in [1.165, 1.54) is 7.11 Å². The quantitative estimate of drug-likeness (QED) is 0.389. The average Bonchev–Trinajstić information content (AvgIpc) is 3.32. The van der Waals surface area contributed by atoms with E-state index in [4.69, 9.17) is 14.5 Å². The number of aliphatic carboxylic acids is 1. The summed E-state index contributed by atoms with van der Waals surface area (Å²) in [6.45, 7) is 4.84. The van der Waals surface area contributed by atoms with Crippen LogP contribution in [0.1, 0.15) is 42.9 Å². The van der Waals surface area contributed by atoms with E-state index < -0.39 is 29.3 Å². The first-order chi connectivity index (χ1) is 16.8. The highest BCUT2D eigenvalue weighted by Crippen LogP contribution is 2.53. The van der Waals surface area contributed by atoms with E-state index in [9.17, 15) is 14.7 Å². The van der Waals surface area contributed by atoms with E-state index >= 15 is 0 Å². The standard InChI is InChI=1S/C26H31N3O6.2ClH/c1-16-21(24(30)33-4)22(20-9-5-8-19-15-34-35-23(19)20)26(25(31)32,17(2)28-16)10-12-29(3)14-18-7-6-11-27-13-18;;/h5-9,11,13,17,22,28H,10,12,14-15H2,1-4H3,(H,31,32);2*1H/p-1. The summed E-state index contributed by atoms with van der Waals surface area (Å²) in [7, 11) is 3.21. The van der Waals surface area contributed by atoms with Crippen LogP contribution in [0.4, 0.5) is 0 Å². The largest absolute Gasteiger partial charge is 0.549 e. The number of allylic oxidation sites excluding steroid dienone is 1. The van der Waals surface area contributed by atoms with Crippen LogP contribution in [0, 0.1) is 5.41 Å². The Kier molecular flexibility index (Phi) is 10.3. The molecule has 1 N–H and O–H groups in total. The summed E-state index contributed by atoms with van der Waals surface area (Å²) in [5, 5.41) is 16.3. The van der Waals surface area contributed by atoms with Crippen molar-refractivity contribution in [2.45, 2.75) is 45.4 Å². The number of para-hydroxylation sites is 1. The van der Waals surface area contributed by atoms with Crippen molar-refractivity contribution in [2.24, 2.45) is 5.41 Å². The van der Waals surface area contributed by atoms with Crippen LogP contribution in [0.15, 0.2) is 54.0 Å². The molecule has 0 bridgehead atoms. The molecule has 3 heterocycles. The number of esters is 1. The molecule has 0 amide bonds. The lowest BCUT2D eigenvalue weighted by Crippen LogP contribution is -2.61. The predicted molar refractivity (Wildman–Crippen MR) is 139 cm³/mol. The first kappa shape index (κ1) is 30.4. The minimum absolute atomic E-state index is 0. The Morgan fingerprint density at radius 2 is 2.03 bits per heavy atom. The summed E-state index contributed by atoms with van der Waals surface area (Å²) in [5.74, 6) is -2.28. The van der Waals surface area contributed by atoms with Gasteiger partial charge in [0.1, 0.15) is 6.61 Å². The molecule has 0 saturated heterocycles. The molecule has 2 aliphatic rings. The number of benzene rings is 1. The Hall–Kier alpha value is -2.85. The molecule has 0 radical (unpaired) electrons. The molecule has 0 aliphatic carbocycles. The average molecular weight is 553 g/mol. The summed E-state index contributed by atoms with van der Waals surface area (Å²) in [5.41, 5.74) is 1.69. The van der Waals surface area contributed by atoms with Gasteiger partial charge in [0.15, 0.2) is 5.75 Å². The Morgan fingerprint density at radius 3 is 2.68 bits per heavy atom. The van der Waals surface area contributed by atoms with Gasteiger partial charge in [-0.1, -0.05) is 24.3 Å². The lowest BCUT2D eigenvalue weighted by atomic mass is 9.60. The zero-order valence-electron chi connectivity index (χ0n) is 21.2. The Labute approximate surface area is 228 Å². The first-order valence-electron chi connectivity index (χ1n) is 11.5. The molecule has 0 saturated carbocycles. The van der Waals surface area contributed by atoms with Gasteiger partial charge in [0.25, 0.3) is 0 Å². The number of aromatic nitrogens is 1. The lowest BCUT2D eigenvalue weighted by Gasteiger charge is -2.51. The van der Waals surface area contributed by atoms with Gasteiger partial charge in [-0.2, -0.15) is 4.89 Å². The molecule has 2 aliphatic heterocycles. The number of carbonyl (C=O) groups is 2. The van der Waals surface area contributed by atoms with E-state index in [0.717, 1.165) is 11.1 Å². The van der Waals surface area contributed by atoms with Crippen LogP contribution < -0.4 is 15.3 Å². The number of fused-ring (bicyclic) bond motifs is 1. The fraction of sp³-hybridized carbons (Fsp3) is 0.423. The molecular formula is C26H32Cl2N3O6-. The summed E-state index contributed by atoms with van der Waals surface area (Å²) >= 11 is 0. The van der Waals surface area contributed by atoms with E-state index in [-0.39, 0.29) is 43.4 Å². The smallest absolute Gasteiger partial charge is 0.336 e. The van der Waals surface area contributed by atoms with Gasteiger partial charge in [0, 0.05) is 53.1 Å². The van der Waals surface area contributed by atoms with Crippen LogP contribution in [0.3, 0.4) is 0 Å². The highest BCUT2D eigenvalue weighted by Gasteiger charge is 2.53. The second-order valence-electron chi connectivity index (χ2n) is 9.19. The van der Waals surface area contributed by atoms with Gasteiger partial charge in [-0.15, -0.1) is 24.8 Å². The molecule has 1 aromatic heterocycles. The number of carboxylic acids is 1. The fourth-order valence-corrected chi connectivity index (χ4v) is 5.28. The number of pyridine rings is 1. The number of nitrogens with zero attached hydrogens (tertiary/aromatic N) is 2. The van der Waals surface area contributed by atoms with E-state index in [2.05, 4.69) is 10.3 Å². The fourth-order valence-electron chi connectivity index (χ4n) is 5.28. The third-order valence-corrected chi connectivity index (χ3v) is 7.08. The van der Waals surface area contributed by atoms with Crippen molar-refractivity contribution in [2.75, 3.05) is 20.7 Å². The summed E-state index contributed by atoms with van der Waals surface area (Å²) in [6.07, 6.45) is 3.70. The Morgan fingerprint density at radius 1 is 1.27 bits per heavy atom. The van der Waals surface area contributed by atoms with Gasteiger partial charge in [0.2, 0.25) is 0 Å². The second kappa shape index (κ2) is 12.6. The van der Waals surface area contributed by atoms with Gasteiger partial charge < -0.3 is 29.7 Å². The summed E-state index contributed by atoms with van der Waals surface area (Å²) < 4.78 is 5.10. The molecule has 3 unspecified atom stereocenters. The van der Waals surface area contributed by atoms with Crippen LogP contribution >= 0.6 is 24.8 Å². The minimum atomic E-state index is -1.48. The first-order valence-corrected chi connectivity index (χ1v) is 11.5. The van der Waals surface area contributed by atoms with Crippen LogP contribution in [-0.2, 0) is 32.4 Å². The molecule has 9 nitrogen and oxygen atoms in total. The van der Waals surface area contributed by atoms with Gasteiger partial charge in [-0.05, 0) is 45.5 Å². The monoisotopic (exact) mass is 552 g/mol. The molecule has 0 fully saturated rings. The zero-order chi connectivity index (χ0) is 25.2. The number of nitrogens with one attached hydrogen (secondary N) is 1. The van der Waals surface area contributed by atoms with E-state index in [1.807, 2.05) is 43.1 Å². The third kappa shape index (κ3) is 5.70. The van der Waals surface area contributed by atoms with Crippen molar-refractivity contribution in [1.82, 2.24) is 15.2 Å². The number of carboxylic acid groups (broad SMARTS) is 1. The van der Waals surface area contributed by atoms with Crippen LogP contribution in [0.2, 0.25) is 0 Å². The highest BCUT2D eigenvalue weighted by atomic mass is 35.5. The molecule has 4 rings (SSSR count). The number of carbonyl (C=O) groups excluding carboxylic acids is 2. The Balaban J connectivity index is 0.00000241. The van der Waals surface area contributed by atoms with Gasteiger partial charge in [-0.3, -0.25) is 4.98 Å². The number of methoxy groups -OCH3 is 1. The van der Waals surface area contributed by atoms with Crippen molar-refractivity contribution in [3.05, 3.63) is 70.7 Å². The SMILES string of the molecule is COC(=O)C1=C(C)NC(C)C(CCN(C)Cc2cccnc2)(C(=O)[O-])C1c1cccc2c1OOC2.Cl.Cl. The van der Waals surface area contributed by atoms with Crippen molar-refractivity contribution < 1.29 is 29.2 Å². The van der Waals surface area contributed by atoms with Gasteiger partial charge >= 0.3 is 5.97 Å². The lowest BCUT2D eigenvalue weighted by molar-refractivity contribution is -0.322. The van der Waals surface area contributed by atoms with Crippen molar-refractivity contribution in [3.63, 3.8) is 0 Å². The molecule has 2 aromatic rings. The maximum atomic E-state index is 13.1. The number of rotatable bonds is 8. The highest BCUT2D eigenvalue weighted by molar-refractivity contribution is 5.94. The van der Waals surface area contributed by atoms with E-state index in [1.54, 1.807) is 25.4 Å². The van der Waals surface area contributed by atoms with Crippen LogP contribution in [0.25, 0.3) is 0 Å². The number of ether oxygens (including phenoxy) is 1. The summed E-state index contributed by atoms with van der Waals surface area (Å²) in [4.78, 5) is 43.0. The van der Waals surface area contributed by atoms with Gasteiger partial charge in [-0.25, -0.2) is 4.79 Å². The van der Waals surface area contributed by atoms with Crippen molar-refractivity contribution >= 4 is 36.8 Å². The molecule has 1 aromatic carbocycles. The normalized spacial score (nSPS) is 22.2. The van der Waals surface area contributed by atoms with Crippen LogP contribution in [-0.4, -0.2) is 48.6 Å². The second-order valence-corrected chi connectivity index (χ2v) is 9.19. The van der Waals surface area contributed by atoms with Crippen molar-refractivity contribution in [3.8, 4) is 5.75 Å². The molecule has 11 heteroatoms. The maximum absolute atomic E-state index is 13.1. The van der Waals surface area contributed by atoms with E-state index in [0.29, 0.717) is 30.1 Å². The maximum Gasteiger partial charge on any atom is 0.336 e. The number of hydrogen-bond acceptors (Lipinski definition) is 9. The zero-order valence-corrected chi connectivity index (χ0v) is 22.8. The number of halogens is 2.